The molecule has 0 aliphatic carbocycles. The number of methoxy groups -OCH3 is 1. The van der Waals surface area contributed by atoms with Crippen molar-refractivity contribution in [3.05, 3.63) is 48.5 Å². The molecule has 0 radical (unpaired) electrons. The van der Waals surface area contributed by atoms with Crippen LogP contribution in [0.15, 0.2) is 47.6 Å². The normalized spacial score (nSPS) is 13.1. The highest BCUT2D eigenvalue weighted by Gasteiger charge is 2.19. The lowest BCUT2D eigenvalue weighted by Crippen LogP contribution is -2.12. The number of nitrogens with zero attached hydrogens (tertiary/aromatic N) is 6. The van der Waals surface area contributed by atoms with E-state index in [2.05, 4.69) is 20.2 Å². The Hall–Kier alpha value is -3.15. The Kier molecular flexibility index (Phi) is 4.65. The zero-order valence-corrected chi connectivity index (χ0v) is 16.8. The number of benzene rings is 1. The van der Waals surface area contributed by atoms with Gasteiger partial charge in [0.1, 0.15) is 11.6 Å². The monoisotopic (exact) mass is 413 g/mol. The lowest BCUT2D eigenvalue weighted by molar-refractivity contribution is 0.112. The Bertz CT molecular complexity index is 1290. The van der Waals surface area contributed by atoms with E-state index in [1.165, 1.54) is 12.1 Å². The van der Waals surface area contributed by atoms with Crippen molar-refractivity contribution in [3.8, 4) is 17.1 Å². The number of hydrogen-bond acceptors (Lipinski definition) is 7. The second-order valence-electron chi connectivity index (χ2n) is 6.52. The lowest BCUT2D eigenvalue weighted by Gasteiger charge is -2.07. The molecule has 0 spiro atoms. The fourth-order valence-corrected chi connectivity index (χ4v) is 3.41. The molecule has 0 aliphatic rings. The Morgan fingerprint density at radius 3 is 2.55 bits per heavy atom. The lowest BCUT2D eigenvalue weighted by atomic mass is 10.2. The molecule has 0 saturated heterocycles. The van der Waals surface area contributed by atoms with Crippen molar-refractivity contribution in [1.29, 1.82) is 0 Å². The van der Waals surface area contributed by atoms with E-state index < -0.39 is 10.0 Å². The number of nitrogens with two attached hydrogens (primary N) is 1. The standard InChI is InChI=1S/C18H19N7O3S/c1-11(28-3)17-22-18(12-8-16-15(20-9-12)10-21-24(16)2)25(23-17)13-4-6-14(7-5-13)29(19,26)27/h4-11H,1-3H3,(H2,19,26,27). The summed E-state index contributed by atoms with van der Waals surface area (Å²) in [5, 5.41) is 14.0. The molecular formula is C18H19N7O3S. The van der Waals surface area contributed by atoms with Gasteiger partial charge in [-0.25, -0.2) is 23.2 Å². The molecule has 4 aromatic rings. The van der Waals surface area contributed by atoms with Gasteiger partial charge in [0.2, 0.25) is 10.0 Å². The molecule has 0 bridgehead atoms. The van der Waals surface area contributed by atoms with Gasteiger partial charge in [0.25, 0.3) is 0 Å². The van der Waals surface area contributed by atoms with Crippen molar-refractivity contribution in [2.24, 2.45) is 12.2 Å². The topological polar surface area (TPSA) is 131 Å². The Balaban J connectivity index is 1.88. The van der Waals surface area contributed by atoms with Crippen molar-refractivity contribution in [3.63, 3.8) is 0 Å². The largest absolute Gasteiger partial charge is 0.374 e. The van der Waals surface area contributed by atoms with Crippen molar-refractivity contribution in [1.82, 2.24) is 29.5 Å². The number of pyridine rings is 1. The maximum absolute atomic E-state index is 11.5. The number of rotatable bonds is 5. The van der Waals surface area contributed by atoms with Crippen LogP contribution in [-0.4, -0.2) is 45.1 Å². The summed E-state index contributed by atoms with van der Waals surface area (Å²) in [6.07, 6.45) is 3.06. The van der Waals surface area contributed by atoms with Crippen LogP contribution in [0.1, 0.15) is 18.9 Å². The second kappa shape index (κ2) is 7.03. The molecule has 11 heteroatoms. The average Bonchev–Trinajstić information content (AvgIpc) is 3.31. The number of aryl methyl sites for hydroxylation is 1. The van der Waals surface area contributed by atoms with E-state index in [1.807, 2.05) is 20.0 Å². The van der Waals surface area contributed by atoms with Crippen LogP contribution in [0, 0.1) is 0 Å². The quantitative estimate of drug-likeness (QED) is 0.525. The van der Waals surface area contributed by atoms with Gasteiger partial charge in [0.05, 0.1) is 22.3 Å². The summed E-state index contributed by atoms with van der Waals surface area (Å²) in [6.45, 7) is 1.84. The van der Waals surface area contributed by atoms with Crippen LogP contribution in [0.5, 0.6) is 0 Å². The van der Waals surface area contributed by atoms with Crippen molar-refractivity contribution in [2.45, 2.75) is 17.9 Å². The summed E-state index contributed by atoms with van der Waals surface area (Å²) in [5.74, 6) is 1.03. The summed E-state index contributed by atoms with van der Waals surface area (Å²) in [5.41, 5.74) is 2.98. The van der Waals surface area contributed by atoms with Gasteiger partial charge < -0.3 is 4.74 Å². The van der Waals surface area contributed by atoms with Gasteiger partial charge in [-0.2, -0.15) is 5.10 Å². The zero-order valence-electron chi connectivity index (χ0n) is 16.0. The summed E-state index contributed by atoms with van der Waals surface area (Å²) < 4.78 is 31.8. The molecule has 0 aliphatic heterocycles. The predicted molar refractivity (Wildman–Crippen MR) is 106 cm³/mol. The average molecular weight is 413 g/mol. The van der Waals surface area contributed by atoms with Crippen molar-refractivity contribution >= 4 is 21.1 Å². The number of hydrogen-bond donors (Lipinski definition) is 1. The zero-order chi connectivity index (χ0) is 20.8. The predicted octanol–water partition coefficient (Wildman–Crippen LogP) is 1.57. The molecule has 150 valence electrons. The molecule has 29 heavy (non-hydrogen) atoms. The Morgan fingerprint density at radius 2 is 1.90 bits per heavy atom. The Morgan fingerprint density at radius 1 is 1.17 bits per heavy atom. The van der Waals surface area contributed by atoms with Crippen LogP contribution in [-0.2, 0) is 21.8 Å². The fraction of sp³-hybridized carbons (Fsp3) is 0.222. The first kappa shape index (κ1) is 19.2. The van der Waals surface area contributed by atoms with Crippen LogP contribution in [0.2, 0.25) is 0 Å². The van der Waals surface area contributed by atoms with Crippen LogP contribution in [0.4, 0.5) is 0 Å². The van der Waals surface area contributed by atoms with E-state index in [0.717, 1.165) is 16.6 Å². The van der Waals surface area contributed by atoms with Crippen molar-refractivity contribution < 1.29 is 13.2 Å². The molecule has 0 fully saturated rings. The van der Waals surface area contributed by atoms with Crippen molar-refractivity contribution in [2.75, 3.05) is 7.11 Å². The molecule has 4 rings (SSSR count). The van der Waals surface area contributed by atoms with Crippen LogP contribution in [0.25, 0.3) is 28.1 Å². The van der Waals surface area contributed by atoms with Crippen LogP contribution < -0.4 is 5.14 Å². The third kappa shape index (κ3) is 3.50. The minimum absolute atomic E-state index is 0.0198. The van der Waals surface area contributed by atoms with Gasteiger partial charge in [-0.3, -0.25) is 9.67 Å². The number of fused-ring (bicyclic) bond motifs is 1. The third-order valence-electron chi connectivity index (χ3n) is 4.61. The maximum Gasteiger partial charge on any atom is 0.238 e. The number of sulfonamides is 1. The van der Waals surface area contributed by atoms with Crippen LogP contribution in [0.3, 0.4) is 0 Å². The molecule has 1 aromatic carbocycles. The van der Waals surface area contributed by atoms with Gasteiger partial charge in [-0.15, -0.1) is 5.10 Å². The smallest absolute Gasteiger partial charge is 0.238 e. The Labute approximate surface area is 167 Å². The van der Waals surface area contributed by atoms with E-state index in [0.29, 0.717) is 17.3 Å². The number of primary sulfonamides is 1. The van der Waals surface area contributed by atoms with E-state index in [-0.39, 0.29) is 11.0 Å². The van der Waals surface area contributed by atoms with E-state index in [9.17, 15) is 8.42 Å². The maximum atomic E-state index is 11.5. The first-order chi connectivity index (χ1) is 13.8. The number of aromatic nitrogens is 6. The molecule has 1 atom stereocenters. The number of ether oxygens (including phenoxy) is 1. The van der Waals surface area contributed by atoms with Gasteiger partial charge in [0.15, 0.2) is 11.6 Å². The molecule has 0 saturated carbocycles. The van der Waals surface area contributed by atoms with Crippen LogP contribution >= 0.6 is 0 Å². The molecule has 10 nitrogen and oxygen atoms in total. The summed E-state index contributed by atoms with van der Waals surface area (Å²) in [6, 6.07) is 8.02. The molecule has 1 unspecified atom stereocenters. The molecule has 3 heterocycles. The minimum Gasteiger partial charge on any atom is -0.374 e. The molecular weight excluding hydrogens is 394 g/mol. The van der Waals surface area contributed by atoms with E-state index in [4.69, 9.17) is 9.88 Å². The van der Waals surface area contributed by atoms with E-state index >= 15 is 0 Å². The highest BCUT2D eigenvalue weighted by Crippen LogP contribution is 2.26. The minimum atomic E-state index is -3.78. The molecule has 3 aromatic heterocycles. The summed E-state index contributed by atoms with van der Waals surface area (Å²) in [4.78, 5) is 9.10. The summed E-state index contributed by atoms with van der Waals surface area (Å²) in [7, 11) is -0.369. The SMILES string of the molecule is COC(C)c1nc(-c2cnc3cnn(C)c3c2)n(-c2ccc(S(N)(=O)=O)cc2)n1. The third-order valence-corrected chi connectivity index (χ3v) is 5.54. The first-order valence-corrected chi connectivity index (χ1v) is 10.2. The van der Waals surface area contributed by atoms with Gasteiger partial charge in [0, 0.05) is 25.9 Å². The van der Waals surface area contributed by atoms with E-state index in [1.54, 1.807) is 41.0 Å². The van der Waals surface area contributed by atoms with Gasteiger partial charge >= 0.3 is 0 Å². The highest BCUT2D eigenvalue weighted by atomic mass is 32.2. The molecule has 0 amide bonds. The fourth-order valence-electron chi connectivity index (χ4n) is 2.90. The van der Waals surface area contributed by atoms with Gasteiger partial charge in [-0.1, -0.05) is 0 Å². The molecule has 2 N–H and O–H groups in total. The second-order valence-corrected chi connectivity index (χ2v) is 8.08. The first-order valence-electron chi connectivity index (χ1n) is 8.69. The van der Waals surface area contributed by atoms with Gasteiger partial charge in [-0.05, 0) is 37.3 Å². The summed E-state index contributed by atoms with van der Waals surface area (Å²) >= 11 is 0. The highest BCUT2D eigenvalue weighted by molar-refractivity contribution is 7.89.